The maximum atomic E-state index is 12.2. The Bertz CT molecular complexity index is 954. The van der Waals surface area contributed by atoms with E-state index in [1.807, 2.05) is 13.8 Å². The number of fused-ring (bicyclic) bond motifs is 1. The third kappa shape index (κ3) is 3.84. The molecule has 3 N–H and O–H groups in total. The standard InChI is InChI=1S/C16H14Cl2N4OS2/c1-7-8(2)25-15-12(7)14(19)21-16(22-15)24-6-11(23)20-13-9(17)4-3-5-10(13)18/h3-5H,6H2,1-2H3,(H,20,23)(H2,19,21,22). The number of rotatable bonds is 4. The fourth-order valence-electron chi connectivity index (χ4n) is 2.25. The molecule has 0 unspecified atom stereocenters. The van der Waals surface area contributed by atoms with E-state index in [0.717, 1.165) is 20.7 Å². The maximum absolute atomic E-state index is 12.2. The normalized spacial score (nSPS) is 11.0. The lowest BCUT2D eigenvalue weighted by Gasteiger charge is -2.08. The summed E-state index contributed by atoms with van der Waals surface area (Å²) in [6.45, 7) is 4.02. The van der Waals surface area contributed by atoms with Gasteiger partial charge in [0.1, 0.15) is 10.6 Å². The van der Waals surface area contributed by atoms with Crippen LogP contribution in [-0.2, 0) is 4.79 Å². The first-order chi connectivity index (χ1) is 11.9. The molecule has 0 fully saturated rings. The van der Waals surface area contributed by atoms with Crippen LogP contribution in [0.3, 0.4) is 0 Å². The summed E-state index contributed by atoms with van der Waals surface area (Å²) in [6.07, 6.45) is 0. The number of nitrogens with one attached hydrogen (secondary N) is 1. The van der Waals surface area contributed by atoms with Gasteiger partial charge in [0.2, 0.25) is 5.91 Å². The van der Waals surface area contributed by atoms with Gasteiger partial charge in [0.15, 0.2) is 5.16 Å². The number of aromatic nitrogens is 2. The molecule has 0 spiro atoms. The summed E-state index contributed by atoms with van der Waals surface area (Å²) in [7, 11) is 0. The van der Waals surface area contributed by atoms with Crippen molar-refractivity contribution in [1.82, 2.24) is 9.97 Å². The smallest absolute Gasteiger partial charge is 0.234 e. The monoisotopic (exact) mass is 412 g/mol. The first-order valence-electron chi connectivity index (χ1n) is 7.26. The van der Waals surface area contributed by atoms with E-state index in [4.69, 9.17) is 28.9 Å². The summed E-state index contributed by atoms with van der Waals surface area (Å²) < 4.78 is 0. The highest BCUT2D eigenvalue weighted by Crippen LogP contribution is 2.34. The van der Waals surface area contributed by atoms with E-state index in [2.05, 4.69) is 15.3 Å². The number of nitrogen functional groups attached to an aromatic ring is 1. The molecule has 5 nitrogen and oxygen atoms in total. The lowest BCUT2D eigenvalue weighted by molar-refractivity contribution is -0.113. The molecule has 25 heavy (non-hydrogen) atoms. The van der Waals surface area contributed by atoms with Crippen molar-refractivity contribution in [2.45, 2.75) is 19.0 Å². The zero-order valence-corrected chi connectivity index (χ0v) is 16.5. The molecule has 0 saturated carbocycles. The minimum absolute atomic E-state index is 0.121. The van der Waals surface area contributed by atoms with Gasteiger partial charge in [-0.05, 0) is 31.5 Å². The van der Waals surface area contributed by atoms with Crippen molar-refractivity contribution < 1.29 is 4.79 Å². The maximum Gasteiger partial charge on any atom is 0.234 e. The van der Waals surface area contributed by atoms with E-state index in [-0.39, 0.29) is 11.7 Å². The fraction of sp³-hybridized carbons (Fsp3) is 0.188. The molecule has 1 aromatic carbocycles. The van der Waals surface area contributed by atoms with Crippen LogP contribution in [0.2, 0.25) is 10.0 Å². The third-order valence-corrected chi connectivity index (χ3v) is 6.17. The number of benzene rings is 1. The molecule has 0 aliphatic heterocycles. The Hall–Kier alpha value is -1.54. The van der Waals surface area contributed by atoms with Gasteiger partial charge in [-0.3, -0.25) is 4.79 Å². The van der Waals surface area contributed by atoms with Crippen LogP contribution >= 0.6 is 46.3 Å². The van der Waals surface area contributed by atoms with E-state index < -0.39 is 0 Å². The first-order valence-corrected chi connectivity index (χ1v) is 9.82. The summed E-state index contributed by atoms with van der Waals surface area (Å²) in [5, 5.41) is 4.83. The van der Waals surface area contributed by atoms with Gasteiger partial charge >= 0.3 is 0 Å². The predicted molar refractivity (Wildman–Crippen MR) is 107 cm³/mol. The summed E-state index contributed by atoms with van der Waals surface area (Å²) in [4.78, 5) is 22.9. The van der Waals surface area contributed by atoms with Crippen molar-refractivity contribution in [3.05, 3.63) is 38.7 Å². The third-order valence-electron chi connectivity index (χ3n) is 3.60. The number of hydrogen-bond acceptors (Lipinski definition) is 6. The van der Waals surface area contributed by atoms with Gasteiger partial charge in [0.05, 0.1) is 26.9 Å². The molecule has 0 aliphatic rings. The van der Waals surface area contributed by atoms with Crippen molar-refractivity contribution in [2.24, 2.45) is 0 Å². The molecule has 1 amide bonds. The van der Waals surface area contributed by atoms with Gasteiger partial charge < -0.3 is 11.1 Å². The van der Waals surface area contributed by atoms with Gasteiger partial charge in [-0.1, -0.05) is 41.0 Å². The van der Waals surface area contributed by atoms with Crippen LogP contribution in [0.4, 0.5) is 11.5 Å². The summed E-state index contributed by atoms with van der Waals surface area (Å²) >= 11 is 14.9. The molecule has 0 saturated heterocycles. The Balaban J connectivity index is 1.73. The van der Waals surface area contributed by atoms with Crippen LogP contribution in [0.25, 0.3) is 10.2 Å². The number of hydrogen-bond donors (Lipinski definition) is 2. The lowest BCUT2D eigenvalue weighted by atomic mass is 10.2. The van der Waals surface area contributed by atoms with E-state index in [0.29, 0.717) is 26.7 Å². The number of amides is 1. The van der Waals surface area contributed by atoms with Crippen molar-refractivity contribution >= 4 is 73.9 Å². The van der Waals surface area contributed by atoms with Gasteiger partial charge in [-0.15, -0.1) is 11.3 Å². The van der Waals surface area contributed by atoms with Crippen LogP contribution < -0.4 is 11.1 Å². The number of halogens is 2. The molecule has 2 aromatic heterocycles. The highest BCUT2D eigenvalue weighted by Gasteiger charge is 2.15. The Morgan fingerprint density at radius 1 is 1.28 bits per heavy atom. The zero-order chi connectivity index (χ0) is 18.1. The molecule has 3 aromatic rings. The molecule has 0 radical (unpaired) electrons. The molecule has 0 atom stereocenters. The number of thiophene rings is 1. The summed E-state index contributed by atoms with van der Waals surface area (Å²) in [5.41, 5.74) is 7.54. The Labute approximate surface area is 162 Å². The minimum atomic E-state index is -0.249. The number of carbonyl (C=O) groups is 1. The molecule has 0 bridgehead atoms. The Morgan fingerprint density at radius 2 is 1.96 bits per heavy atom. The Morgan fingerprint density at radius 3 is 2.64 bits per heavy atom. The summed E-state index contributed by atoms with van der Waals surface area (Å²) in [6, 6.07) is 5.04. The second-order valence-electron chi connectivity index (χ2n) is 5.29. The number of carbonyl (C=O) groups excluding carboxylic acids is 1. The number of anilines is 2. The van der Waals surface area contributed by atoms with Crippen molar-refractivity contribution in [3.63, 3.8) is 0 Å². The minimum Gasteiger partial charge on any atom is -0.383 e. The largest absolute Gasteiger partial charge is 0.383 e. The van der Waals surface area contributed by atoms with Gasteiger partial charge in [-0.2, -0.15) is 0 Å². The number of para-hydroxylation sites is 1. The quantitative estimate of drug-likeness (QED) is 0.468. The number of thioether (sulfide) groups is 1. The van der Waals surface area contributed by atoms with Crippen LogP contribution in [-0.4, -0.2) is 21.6 Å². The van der Waals surface area contributed by atoms with Crippen LogP contribution in [0.5, 0.6) is 0 Å². The van der Waals surface area contributed by atoms with Gasteiger partial charge in [0.25, 0.3) is 0 Å². The van der Waals surface area contributed by atoms with E-state index in [1.165, 1.54) is 11.8 Å². The molecule has 3 rings (SSSR count). The van der Waals surface area contributed by atoms with Crippen molar-refractivity contribution in [3.8, 4) is 0 Å². The molecular weight excluding hydrogens is 399 g/mol. The topological polar surface area (TPSA) is 80.9 Å². The SMILES string of the molecule is Cc1sc2nc(SCC(=O)Nc3c(Cl)cccc3Cl)nc(N)c2c1C. The van der Waals surface area contributed by atoms with E-state index in [9.17, 15) is 4.79 Å². The number of nitrogens with two attached hydrogens (primary N) is 1. The highest BCUT2D eigenvalue weighted by atomic mass is 35.5. The zero-order valence-electron chi connectivity index (χ0n) is 13.4. The second-order valence-corrected chi connectivity index (χ2v) is 8.25. The van der Waals surface area contributed by atoms with E-state index >= 15 is 0 Å². The number of aryl methyl sites for hydroxylation is 2. The lowest BCUT2D eigenvalue weighted by Crippen LogP contribution is -2.15. The van der Waals surface area contributed by atoms with Crippen LogP contribution in [0, 0.1) is 13.8 Å². The average molecular weight is 413 g/mol. The van der Waals surface area contributed by atoms with Crippen LogP contribution in [0.1, 0.15) is 10.4 Å². The number of nitrogens with zero attached hydrogens (tertiary/aromatic N) is 2. The molecule has 2 heterocycles. The van der Waals surface area contributed by atoms with Crippen molar-refractivity contribution in [2.75, 3.05) is 16.8 Å². The first kappa shape index (κ1) is 18.3. The van der Waals surface area contributed by atoms with E-state index in [1.54, 1.807) is 29.5 Å². The molecule has 0 aliphatic carbocycles. The van der Waals surface area contributed by atoms with Crippen LogP contribution in [0.15, 0.2) is 23.4 Å². The highest BCUT2D eigenvalue weighted by molar-refractivity contribution is 7.99. The average Bonchev–Trinajstić information content (AvgIpc) is 2.84. The van der Waals surface area contributed by atoms with Gasteiger partial charge in [-0.25, -0.2) is 9.97 Å². The summed E-state index contributed by atoms with van der Waals surface area (Å²) in [5.74, 6) is 0.306. The molecule has 130 valence electrons. The van der Waals surface area contributed by atoms with Gasteiger partial charge in [0, 0.05) is 4.88 Å². The fourth-order valence-corrected chi connectivity index (χ4v) is 4.49. The Kier molecular flexibility index (Phi) is 5.38. The predicted octanol–water partition coefficient (Wildman–Crippen LogP) is 4.93. The van der Waals surface area contributed by atoms with Crippen molar-refractivity contribution in [1.29, 1.82) is 0 Å². The molecule has 9 heteroatoms. The molecular formula is C16H14Cl2N4OS2. The second kappa shape index (κ2) is 7.37.